The van der Waals surface area contributed by atoms with Crippen molar-refractivity contribution in [1.29, 1.82) is 0 Å². The van der Waals surface area contributed by atoms with Gasteiger partial charge in [-0.15, -0.1) is 0 Å². The van der Waals surface area contributed by atoms with Crippen LogP contribution in [0.1, 0.15) is 17.3 Å². The Labute approximate surface area is 127 Å². The number of nitro groups is 1. The van der Waals surface area contributed by atoms with Crippen molar-refractivity contribution in [2.24, 2.45) is 0 Å². The van der Waals surface area contributed by atoms with Gasteiger partial charge in [-0.3, -0.25) is 14.9 Å². The maximum absolute atomic E-state index is 11.1. The molecule has 2 aromatic rings. The maximum atomic E-state index is 11.1. The zero-order chi connectivity index (χ0) is 15.9. The molecule has 0 unspecified atom stereocenters. The summed E-state index contributed by atoms with van der Waals surface area (Å²) in [5.41, 5.74) is 0.610. The molecule has 0 heterocycles. The van der Waals surface area contributed by atoms with Gasteiger partial charge in [0, 0.05) is 11.6 Å². The number of carbonyl (C=O) groups excluding carboxylic acids is 1. The largest absolute Gasteiger partial charge is 0.490 e. The van der Waals surface area contributed by atoms with Gasteiger partial charge in [-0.05, 0) is 37.3 Å². The summed E-state index contributed by atoms with van der Waals surface area (Å²) in [6.45, 7) is 2.06. The van der Waals surface area contributed by atoms with Crippen molar-refractivity contribution in [3.8, 4) is 11.5 Å². The van der Waals surface area contributed by atoms with Gasteiger partial charge in [-0.2, -0.15) is 0 Å². The SMILES string of the molecule is CC(=O)c1ccc(OCCOc2cccc([N+](=O)[O-])c2)cc1. The molecule has 0 aromatic heterocycles. The third kappa shape index (κ3) is 4.31. The van der Waals surface area contributed by atoms with Crippen molar-refractivity contribution in [2.75, 3.05) is 13.2 Å². The molecular formula is C16H15NO5. The smallest absolute Gasteiger partial charge is 0.273 e. The fourth-order valence-electron chi connectivity index (χ4n) is 1.79. The van der Waals surface area contributed by atoms with Crippen LogP contribution in [0, 0.1) is 10.1 Å². The van der Waals surface area contributed by atoms with Crippen LogP contribution in [-0.4, -0.2) is 23.9 Å². The minimum absolute atomic E-state index is 0.000514. The average Bonchev–Trinajstić information content (AvgIpc) is 2.52. The molecule has 6 nitrogen and oxygen atoms in total. The molecule has 0 aliphatic carbocycles. The maximum Gasteiger partial charge on any atom is 0.273 e. The topological polar surface area (TPSA) is 78.7 Å². The molecule has 0 atom stereocenters. The van der Waals surface area contributed by atoms with E-state index in [0.29, 0.717) is 23.7 Å². The van der Waals surface area contributed by atoms with Gasteiger partial charge >= 0.3 is 0 Å². The van der Waals surface area contributed by atoms with E-state index in [-0.39, 0.29) is 18.1 Å². The van der Waals surface area contributed by atoms with Crippen molar-refractivity contribution in [3.63, 3.8) is 0 Å². The molecule has 0 saturated heterocycles. The summed E-state index contributed by atoms with van der Waals surface area (Å²) >= 11 is 0. The lowest BCUT2D eigenvalue weighted by Gasteiger charge is -2.08. The van der Waals surface area contributed by atoms with Gasteiger partial charge in [0.05, 0.1) is 11.0 Å². The number of ether oxygens (including phenoxy) is 2. The third-order valence-corrected chi connectivity index (χ3v) is 2.91. The number of ketones is 1. The van der Waals surface area contributed by atoms with Gasteiger partial charge in [0.25, 0.3) is 5.69 Å². The van der Waals surface area contributed by atoms with E-state index in [2.05, 4.69) is 0 Å². The molecule has 0 spiro atoms. The number of nitro benzene ring substituents is 1. The normalized spacial score (nSPS) is 10.0. The van der Waals surface area contributed by atoms with Gasteiger partial charge in [0.2, 0.25) is 0 Å². The predicted octanol–water partition coefficient (Wildman–Crippen LogP) is 3.26. The number of non-ortho nitro benzene ring substituents is 1. The van der Waals surface area contributed by atoms with Gasteiger partial charge < -0.3 is 9.47 Å². The minimum atomic E-state index is -0.472. The highest BCUT2D eigenvalue weighted by Gasteiger charge is 2.06. The molecule has 6 heteroatoms. The van der Waals surface area contributed by atoms with Crippen molar-refractivity contribution >= 4 is 11.5 Å². The van der Waals surface area contributed by atoms with Crippen molar-refractivity contribution < 1.29 is 19.2 Å². The third-order valence-electron chi connectivity index (χ3n) is 2.91. The zero-order valence-electron chi connectivity index (χ0n) is 12.0. The van der Waals surface area contributed by atoms with Crippen LogP contribution in [0.2, 0.25) is 0 Å². The summed E-state index contributed by atoms with van der Waals surface area (Å²) in [4.78, 5) is 21.3. The standard InChI is InChI=1S/C16H15NO5/c1-12(18)13-5-7-15(8-6-13)21-9-10-22-16-4-2-3-14(11-16)17(19)20/h2-8,11H,9-10H2,1H3. The first-order chi connectivity index (χ1) is 10.6. The first-order valence-corrected chi connectivity index (χ1v) is 6.67. The molecule has 0 bridgehead atoms. The van der Waals surface area contributed by atoms with E-state index in [4.69, 9.17) is 9.47 Å². The number of carbonyl (C=O) groups is 1. The summed E-state index contributed by atoms with van der Waals surface area (Å²) in [5.74, 6) is 1.05. The summed E-state index contributed by atoms with van der Waals surface area (Å²) in [7, 11) is 0. The van der Waals surface area contributed by atoms with E-state index >= 15 is 0 Å². The van der Waals surface area contributed by atoms with Crippen LogP contribution in [-0.2, 0) is 0 Å². The average molecular weight is 301 g/mol. The Bertz CT molecular complexity index is 666. The Hall–Kier alpha value is -2.89. The summed E-state index contributed by atoms with van der Waals surface area (Å²) < 4.78 is 10.9. The molecule has 0 aliphatic rings. The number of benzene rings is 2. The van der Waals surface area contributed by atoms with Gasteiger partial charge in [-0.1, -0.05) is 6.07 Å². The molecule has 22 heavy (non-hydrogen) atoms. The molecule has 0 aliphatic heterocycles. The van der Waals surface area contributed by atoms with E-state index in [0.717, 1.165) is 0 Å². The van der Waals surface area contributed by atoms with Crippen LogP contribution >= 0.6 is 0 Å². The Balaban J connectivity index is 1.80. The second-order valence-electron chi connectivity index (χ2n) is 4.53. The zero-order valence-corrected chi connectivity index (χ0v) is 12.0. The quantitative estimate of drug-likeness (QED) is 0.339. The highest BCUT2D eigenvalue weighted by molar-refractivity contribution is 5.94. The highest BCUT2D eigenvalue weighted by Crippen LogP contribution is 2.19. The molecule has 0 amide bonds. The fourth-order valence-corrected chi connectivity index (χ4v) is 1.79. The molecular weight excluding hydrogens is 286 g/mol. The van der Waals surface area contributed by atoms with Crippen LogP contribution < -0.4 is 9.47 Å². The van der Waals surface area contributed by atoms with Crippen LogP contribution in [0.15, 0.2) is 48.5 Å². The van der Waals surface area contributed by atoms with Crippen molar-refractivity contribution in [2.45, 2.75) is 6.92 Å². The minimum Gasteiger partial charge on any atom is -0.490 e. The molecule has 0 saturated carbocycles. The second kappa shape index (κ2) is 7.21. The lowest BCUT2D eigenvalue weighted by Crippen LogP contribution is -2.09. The first kappa shape index (κ1) is 15.5. The van der Waals surface area contributed by atoms with Crippen LogP contribution in [0.5, 0.6) is 11.5 Å². The highest BCUT2D eigenvalue weighted by atomic mass is 16.6. The van der Waals surface area contributed by atoms with Crippen molar-refractivity contribution in [3.05, 3.63) is 64.2 Å². The first-order valence-electron chi connectivity index (χ1n) is 6.67. The summed E-state index contributed by atoms with van der Waals surface area (Å²) in [6.07, 6.45) is 0. The fraction of sp³-hybridized carbons (Fsp3) is 0.188. The van der Waals surface area contributed by atoms with E-state index in [1.54, 1.807) is 36.4 Å². The monoisotopic (exact) mass is 301 g/mol. The number of hydrogen-bond acceptors (Lipinski definition) is 5. The lowest BCUT2D eigenvalue weighted by molar-refractivity contribution is -0.384. The van der Waals surface area contributed by atoms with E-state index in [9.17, 15) is 14.9 Å². The molecule has 114 valence electrons. The summed E-state index contributed by atoms with van der Waals surface area (Å²) in [5, 5.41) is 10.6. The number of rotatable bonds is 7. The predicted molar refractivity (Wildman–Crippen MR) is 80.5 cm³/mol. The number of hydrogen-bond donors (Lipinski definition) is 0. The number of nitrogens with zero attached hydrogens (tertiary/aromatic N) is 1. The van der Waals surface area contributed by atoms with Gasteiger partial charge in [-0.25, -0.2) is 0 Å². The molecule has 0 N–H and O–H groups in total. The van der Waals surface area contributed by atoms with Gasteiger partial charge in [0.1, 0.15) is 24.7 Å². The number of Topliss-reactive ketones (excluding diaryl/α,β-unsaturated/α-hetero) is 1. The molecule has 0 fully saturated rings. The van der Waals surface area contributed by atoms with E-state index < -0.39 is 4.92 Å². The second-order valence-corrected chi connectivity index (χ2v) is 4.53. The lowest BCUT2D eigenvalue weighted by atomic mass is 10.1. The Morgan fingerprint density at radius 1 is 1.05 bits per heavy atom. The Morgan fingerprint density at radius 3 is 2.27 bits per heavy atom. The van der Waals surface area contributed by atoms with E-state index in [1.165, 1.54) is 19.1 Å². The van der Waals surface area contributed by atoms with Crippen molar-refractivity contribution in [1.82, 2.24) is 0 Å². The van der Waals surface area contributed by atoms with Gasteiger partial charge in [0.15, 0.2) is 5.78 Å². The van der Waals surface area contributed by atoms with Crippen LogP contribution in [0.25, 0.3) is 0 Å². The molecule has 2 rings (SSSR count). The van der Waals surface area contributed by atoms with Crippen LogP contribution in [0.3, 0.4) is 0 Å². The van der Waals surface area contributed by atoms with Crippen LogP contribution in [0.4, 0.5) is 5.69 Å². The Kier molecular flexibility index (Phi) is 5.08. The molecule has 2 aromatic carbocycles. The van der Waals surface area contributed by atoms with E-state index in [1.807, 2.05) is 0 Å². The Morgan fingerprint density at radius 2 is 1.68 bits per heavy atom. The molecule has 0 radical (unpaired) electrons. The summed E-state index contributed by atoms with van der Waals surface area (Å²) in [6, 6.07) is 12.8.